The Kier molecular flexibility index (Phi) is 4.22. The van der Waals surface area contributed by atoms with E-state index in [2.05, 4.69) is 0 Å². The third-order valence-corrected chi connectivity index (χ3v) is 2.69. The molecule has 0 aromatic rings. The summed E-state index contributed by atoms with van der Waals surface area (Å²) in [4.78, 5) is 0.397. The van der Waals surface area contributed by atoms with Crippen molar-refractivity contribution in [2.45, 2.75) is 38.5 Å². The predicted molar refractivity (Wildman–Crippen MR) is 60.2 cm³/mol. The van der Waals surface area contributed by atoms with E-state index < -0.39 is 0 Å². The molecule has 0 amide bonds. The summed E-state index contributed by atoms with van der Waals surface area (Å²) in [5, 5.41) is 0. The van der Waals surface area contributed by atoms with Crippen LogP contribution in [0.4, 0.5) is 0 Å². The van der Waals surface area contributed by atoms with E-state index in [9.17, 15) is 0 Å². The summed E-state index contributed by atoms with van der Waals surface area (Å²) in [6, 6.07) is 0. The second-order valence-electron chi connectivity index (χ2n) is 3.83. The van der Waals surface area contributed by atoms with Gasteiger partial charge in [0.2, 0.25) is 0 Å². The van der Waals surface area contributed by atoms with Crippen LogP contribution >= 0.6 is 12.2 Å². The average Bonchev–Trinajstić information content (AvgIpc) is 2.04. The highest BCUT2D eigenvalue weighted by Crippen LogP contribution is 2.27. The van der Waals surface area contributed by atoms with Crippen molar-refractivity contribution in [3.8, 4) is 0 Å². The molecule has 0 aliphatic heterocycles. The van der Waals surface area contributed by atoms with Crippen LogP contribution in [0.25, 0.3) is 0 Å². The molecule has 0 radical (unpaired) electrons. The van der Waals surface area contributed by atoms with Crippen molar-refractivity contribution in [2.75, 3.05) is 0 Å². The molecular formula is C10H18N2S. The smallest absolute Gasteiger partial charge is 0.0979 e. The van der Waals surface area contributed by atoms with Gasteiger partial charge in [0.15, 0.2) is 0 Å². The molecule has 2 nitrogen and oxygen atoms in total. The van der Waals surface area contributed by atoms with Crippen molar-refractivity contribution < 1.29 is 0 Å². The van der Waals surface area contributed by atoms with Crippen LogP contribution in [-0.2, 0) is 0 Å². The van der Waals surface area contributed by atoms with Gasteiger partial charge in [-0.1, -0.05) is 44.3 Å². The highest BCUT2D eigenvalue weighted by atomic mass is 32.1. The maximum Gasteiger partial charge on any atom is 0.0979 e. The van der Waals surface area contributed by atoms with Crippen LogP contribution in [0, 0.1) is 5.92 Å². The minimum absolute atomic E-state index is 0.397. The number of thiocarbonyl (C=S) groups is 1. The second-order valence-corrected chi connectivity index (χ2v) is 4.30. The van der Waals surface area contributed by atoms with Crippen LogP contribution in [0.15, 0.2) is 11.8 Å². The fourth-order valence-corrected chi connectivity index (χ4v) is 2.12. The Labute approximate surface area is 85.4 Å². The van der Waals surface area contributed by atoms with Crippen molar-refractivity contribution >= 4 is 17.2 Å². The van der Waals surface area contributed by atoms with E-state index in [1.807, 2.05) is 0 Å². The largest absolute Gasteiger partial charge is 0.402 e. The third-order valence-electron chi connectivity index (χ3n) is 2.58. The highest BCUT2D eigenvalue weighted by Gasteiger charge is 2.13. The first kappa shape index (κ1) is 10.5. The van der Waals surface area contributed by atoms with Gasteiger partial charge in [0.1, 0.15) is 0 Å². The number of hydrogen-bond acceptors (Lipinski definition) is 2. The Morgan fingerprint density at radius 3 is 2.38 bits per heavy atom. The quantitative estimate of drug-likeness (QED) is 0.539. The van der Waals surface area contributed by atoms with E-state index >= 15 is 0 Å². The summed E-state index contributed by atoms with van der Waals surface area (Å²) in [6.07, 6.45) is 9.39. The lowest BCUT2D eigenvalue weighted by Gasteiger charge is -2.21. The van der Waals surface area contributed by atoms with Crippen LogP contribution in [0.5, 0.6) is 0 Å². The van der Waals surface area contributed by atoms with Gasteiger partial charge in [-0.25, -0.2) is 0 Å². The molecular weight excluding hydrogens is 180 g/mol. The molecule has 3 heteroatoms. The van der Waals surface area contributed by atoms with Gasteiger partial charge in [0.25, 0.3) is 0 Å². The molecule has 13 heavy (non-hydrogen) atoms. The molecule has 0 saturated heterocycles. The molecule has 4 N–H and O–H groups in total. The van der Waals surface area contributed by atoms with Gasteiger partial charge < -0.3 is 11.5 Å². The average molecular weight is 198 g/mol. The molecule has 1 saturated carbocycles. The molecule has 0 heterocycles. The van der Waals surface area contributed by atoms with Gasteiger partial charge in [0.05, 0.1) is 4.99 Å². The van der Waals surface area contributed by atoms with Gasteiger partial charge in [0, 0.05) is 5.70 Å². The van der Waals surface area contributed by atoms with E-state index in [-0.39, 0.29) is 0 Å². The number of hydrogen-bond donors (Lipinski definition) is 2. The van der Waals surface area contributed by atoms with Crippen molar-refractivity contribution in [1.82, 2.24) is 0 Å². The van der Waals surface area contributed by atoms with Crippen LogP contribution in [0.1, 0.15) is 38.5 Å². The summed E-state index contributed by atoms with van der Waals surface area (Å²) in [5.41, 5.74) is 12.0. The minimum atomic E-state index is 0.397. The van der Waals surface area contributed by atoms with E-state index in [1.165, 1.54) is 32.1 Å². The van der Waals surface area contributed by atoms with Gasteiger partial charge in [-0.2, -0.15) is 0 Å². The van der Waals surface area contributed by atoms with Gasteiger partial charge in [-0.15, -0.1) is 0 Å². The summed E-state index contributed by atoms with van der Waals surface area (Å²) in [7, 11) is 0. The van der Waals surface area contributed by atoms with Crippen LogP contribution in [0.3, 0.4) is 0 Å². The Bertz CT molecular complexity index is 205. The lowest BCUT2D eigenvalue weighted by Crippen LogP contribution is -2.13. The minimum Gasteiger partial charge on any atom is -0.402 e. The summed E-state index contributed by atoms with van der Waals surface area (Å²) >= 11 is 4.76. The Morgan fingerprint density at radius 1 is 1.23 bits per heavy atom. The zero-order valence-corrected chi connectivity index (χ0v) is 8.78. The molecule has 1 aliphatic carbocycles. The Morgan fingerprint density at radius 2 is 1.85 bits per heavy atom. The van der Waals surface area contributed by atoms with Crippen LogP contribution in [-0.4, -0.2) is 4.99 Å². The number of rotatable bonds is 3. The summed E-state index contributed by atoms with van der Waals surface area (Å²) in [5.74, 6) is 0.763. The zero-order chi connectivity index (χ0) is 9.68. The van der Waals surface area contributed by atoms with E-state index in [4.69, 9.17) is 23.7 Å². The van der Waals surface area contributed by atoms with Crippen molar-refractivity contribution in [3.05, 3.63) is 11.8 Å². The van der Waals surface area contributed by atoms with E-state index in [1.54, 1.807) is 6.08 Å². The molecule has 0 unspecified atom stereocenters. The summed E-state index contributed by atoms with van der Waals surface area (Å²) < 4.78 is 0. The van der Waals surface area contributed by atoms with Gasteiger partial charge in [-0.05, 0) is 18.4 Å². The topological polar surface area (TPSA) is 52.0 Å². The van der Waals surface area contributed by atoms with Crippen molar-refractivity contribution in [1.29, 1.82) is 0 Å². The molecule has 74 valence electrons. The molecule has 0 bridgehead atoms. The molecule has 1 rings (SSSR count). The molecule has 1 aliphatic rings. The molecule has 0 aromatic carbocycles. The van der Waals surface area contributed by atoms with Crippen molar-refractivity contribution in [3.63, 3.8) is 0 Å². The van der Waals surface area contributed by atoms with E-state index in [0.29, 0.717) is 4.99 Å². The lowest BCUT2D eigenvalue weighted by molar-refractivity contribution is 0.355. The SMILES string of the molecule is NC(=S)C=C(N)CC1CCCCC1. The monoisotopic (exact) mass is 198 g/mol. The molecule has 0 atom stereocenters. The standard InChI is InChI=1S/C10H18N2S/c11-9(7-10(12)13)6-8-4-2-1-3-5-8/h7-8H,1-6,11H2,(H2,12,13). The molecule has 0 spiro atoms. The highest BCUT2D eigenvalue weighted by molar-refractivity contribution is 7.80. The van der Waals surface area contributed by atoms with Gasteiger partial charge >= 0.3 is 0 Å². The van der Waals surface area contributed by atoms with Gasteiger partial charge in [-0.3, -0.25) is 0 Å². The maximum atomic E-state index is 5.80. The second kappa shape index (κ2) is 5.22. The zero-order valence-electron chi connectivity index (χ0n) is 7.96. The fourth-order valence-electron chi connectivity index (χ4n) is 1.97. The maximum absolute atomic E-state index is 5.80. The Balaban J connectivity index is 2.33. The summed E-state index contributed by atoms with van der Waals surface area (Å²) in [6.45, 7) is 0. The third kappa shape index (κ3) is 4.27. The number of allylic oxidation sites excluding steroid dienone is 1. The normalized spacial score (nSPS) is 20.2. The lowest BCUT2D eigenvalue weighted by atomic mass is 9.86. The Hall–Kier alpha value is -0.570. The first-order valence-corrected chi connectivity index (χ1v) is 5.35. The molecule has 0 aromatic heterocycles. The van der Waals surface area contributed by atoms with Crippen LogP contribution in [0.2, 0.25) is 0 Å². The predicted octanol–water partition coefficient (Wildman–Crippen LogP) is 2.09. The fraction of sp³-hybridized carbons (Fsp3) is 0.700. The van der Waals surface area contributed by atoms with Crippen molar-refractivity contribution in [2.24, 2.45) is 17.4 Å². The van der Waals surface area contributed by atoms with Crippen LogP contribution < -0.4 is 11.5 Å². The first-order chi connectivity index (χ1) is 6.18. The molecule has 1 fully saturated rings. The number of nitrogens with two attached hydrogens (primary N) is 2. The van der Waals surface area contributed by atoms with E-state index in [0.717, 1.165) is 18.0 Å². The first-order valence-electron chi connectivity index (χ1n) is 4.94.